The molecule has 7 nitrogen and oxygen atoms in total. The predicted octanol–water partition coefficient (Wildman–Crippen LogP) is 3.65. The van der Waals surface area contributed by atoms with Crippen molar-refractivity contribution in [3.05, 3.63) is 33.9 Å². The highest BCUT2D eigenvalue weighted by Gasteiger charge is 2.20. The number of para-hydroxylation sites is 1. The van der Waals surface area contributed by atoms with Crippen LogP contribution < -0.4 is 10.9 Å². The summed E-state index contributed by atoms with van der Waals surface area (Å²) in [7, 11) is 0. The lowest BCUT2D eigenvalue weighted by Crippen LogP contribution is -2.31. The van der Waals surface area contributed by atoms with Crippen molar-refractivity contribution >= 4 is 22.6 Å². The predicted molar refractivity (Wildman–Crippen MR) is 89.4 cm³/mol. The van der Waals surface area contributed by atoms with Crippen molar-refractivity contribution < 1.29 is 9.34 Å². The third-order valence-corrected chi connectivity index (χ3v) is 2.74. The Morgan fingerprint density at radius 1 is 1.22 bits per heavy atom. The van der Waals surface area contributed by atoms with Gasteiger partial charge in [-0.25, -0.2) is 9.98 Å². The first-order chi connectivity index (χ1) is 10.5. The fourth-order valence-electron chi connectivity index (χ4n) is 1.98. The molecular formula is C16H22N4O3. The number of rotatable bonds is 2. The van der Waals surface area contributed by atoms with Crippen LogP contribution in [0.15, 0.2) is 27.6 Å². The van der Waals surface area contributed by atoms with E-state index in [0.717, 1.165) is 0 Å². The molecule has 2 aromatic rings. The van der Waals surface area contributed by atoms with Crippen molar-refractivity contribution in [2.45, 2.75) is 52.6 Å². The van der Waals surface area contributed by atoms with Gasteiger partial charge < -0.3 is 9.73 Å². The maximum absolute atomic E-state index is 11.2. The van der Waals surface area contributed by atoms with Crippen molar-refractivity contribution in [1.29, 1.82) is 0 Å². The summed E-state index contributed by atoms with van der Waals surface area (Å²) in [6.07, 6.45) is 0. The zero-order chi connectivity index (χ0) is 17.4. The van der Waals surface area contributed by atoms with Crippen molar-refractivity contribution in [3.8, 4) is 0 Å². The topological polar surface area (TPSA) is 93.6 Å². The van der Waals surface area contributed by atoms with Gasteiger partial charge in [0.15, 0.2) is 16.9 Å². The third kappa shape index (κ3) is 4.28. The van der Waals surface area contributed by atoms with E-state index in [9.17, 15) is 10.1 Å². The van der Waals surface area contributed by atoms with Crippen molar-refractivity contribution in [2.75, 3.05) is 5.32 Å². The molecule has 0 bridgehead atoms. The molecule has 0 aliphatic rings. The average Bonchev–Trinajstić information content (AvgIpc) is 2.35. The average molecular weight is 318 g/mol. The number of nitro benzene ring substituents is 1. The summed E-state index contributed by atoms with van der Waals surface area (Å²) < 4.78 is 5.81. The van der Waals surface area contributed by atoms with Gasteiger partial charge in [-0.1, -0.05) is 6.07 Å². The van der Waals surface area contributed by atoms with Gasteiger partial charge in [0, 0.05) is 11.6 Å². The largest absolute Gasteiger partial charge is 0.434 e. The van der Waals surface area contributed by atoms with E-state index in [4.69, 9.17) is 4.42 Å². The van der Waals surface area contributed by atoms with Crippen molar-refractivity contribution in [1.82, 2.24) is 4.98 Å². The lowest BCUT2D eigenvalue weighted by atomic mass is 10.1. The first kappa shape index (κ1) is 16.9. The second-order valence-electron chi connectivity index (χ2n) is 7.41. The highest BCUT2D eigenvalue weighted by Crippen LogP contribution is 2.24. The molecule has 0 spiro atoms. The van der Waals surface area contributed by atoms with Crippen LogP contribution in [0.1, 0.15) is 41.5 Å². The van der Waals surface area contributed by atoms with Gasteiger partial charge in [0.25, 0.3) is 11.2 Å². The van der Waals surface area contributed by atoms with Crippen LogP contribution in [0.3, 0.4) is 0 Å². The van der Waals surface area contributed by atoms with Crippen LogP contribution in [0.25, 0.3) is 11.1 Å². The molecule has 7 heteroatoms. The number of aromatic nitrogens is 1. The molecule has 0 aliphatic carbocycles. The number of non-ortho nitro benzene ring substituents is 1. The number of nitrogens with one attached hydrogen (secondary N) is 1. The molecule has 1 heterocycles. The van der Waals surface area contributed by atoms with Gasteiger partial charge in [-0.15, -0.1) is 0 Å². The first-order valence-electron chi connectivity index (χ1n) is 7.39. The van der Waals surface area contributed by atoms with Crippen LogP contribution in [-0.4, -0.2) is 21.0 Å². The molecule has 1 aromatic carbocycles. The smallest absolute Gasteiger partial charge is 0.298 e. The molecule has 0 radical (unpaired) electrons. The van der Waals surface area contributed by atoms with E-state index in [1.54, 1.807) is 12.1 Å². The standard InChI is InChI=1S/C16H22N4O3/c1-15(2,3)18-13-14(19-16(4,5)6)23-11-9-7-8-10(20(21)22)12(11)17-13/h7-9H,1-6H3,(H,17,18). The highest BCUT2D eigenvalue weighted by molar-refractivity contribution is 5.83. The minimum absolute atomic E-state index is 0.0921. The number of hydrogen-bond donors (Lipinski definition) is 1. The lowest BCUT2D eigenvalue weighted by Gasteiger charge is -2.21. The Morgan fingerprint density at radius 2 is 1.87 bits per heavy atom. The molecule has 2 rings (SSSR count). The Balaban J connectivity index is 2.82. The maximum atomic E-state index is 11.2. The van der Waals surface area contributed by atoms with Gasteiger partial charge in [-0.05, 0) is 47.6 Å². The zero-order valence-corrected chi connectivity index (χ0v) is 14.3. The number of hydrogen-bond acceptors (Lipinski definition) is 6. The molecular weight excluding hydrogens is 296 g/mol. The molecule has 0 aliphatic heterocycles. The molecule has 23 heavy (non-hydrogen) atoms. The van der Waals surface area contributed by atoms with Crippen molar-refractivity contribution in [2.24, 2.45) is 4.99 Å². The fraction of sp³-hybridized carbons (Fsp3) is 0.500. The van der Waals surface area contributed by atoms with Crippen LogP contribution in [0.4, 0.5) is 11.5 Å². The van der Waals surface area contributed by atoms with Gasteiger partial charge in [0.1, 0.15) is 0 Å². The number of nitrogens with zero attached hydrogens (tertiary/aromatic N) is 3. The summed E-state index contributed by atoms with van der Waals surface area (Å²) in [6, 6.07) is 4.63. The second-order valence-corrected chi connectivity index (χ2v) is 7.41. The van der Waals surface area contributed by atoms with Gasteiger partial charge >= 0.3 is 0 Å². The fourth-order valence-corrected chi connectivity index (χ4v) is 1.98. The van der Waals surface area contributed by atoms with E-state index in [2.05, 4.69) is 15.3 Å². The summed E-state index contributed by atoms with van der Waals surface area (Å²) in [5.74, 6) is 0.397. The Bertz CT molecular complexity index is 811. The van der Waals surface area contributed by atoms with E-state index >= 15 is 0 Å². The summed E-state index contributed by atoms with van der Waals surface area (Å²) in [5, 5.41) is 14.4. The summed E-state index contributed by atoms with van der Waals surface area (Å²) in [5.41, 5.74) is 0.125. The summed E-state index contributed by atoms with van der Waals surface area (Å²) in [6.45, 7) is 11.8. The van der Waals surface area contributed by atoms with Gasteiger partial charge in [0.2, 0.25) is 0 Å². The number of anilines is 1. The minimum Gasteiger partial charge on any atom is -0.434 e. The Kier molecular flexibility index (Phi) is 4.15. The van der Waals surface area contributed by atoms with Gasteiger partial charge in [0.05, 0.1) is 10.5 Å². The Labute approximate surface area is 134 Å². The first-order valence-corrected chi connectivity index (χ1v) is 7.39. The molecule has 124 valence electrons. The number of nitro groups is 1. The van der Waals surface area contributed by atoms with Crippen LogP contribution in [0.2, 0.25) is 0 Å². The molecule has 1 N–H and O–H groups in total. The van der Waals surface area contributed by atoms with E-state index in [0.29, 0.717) is 17.0 Å². The van der Waals surface area contributed by atoms with Crippen LogP contribution >= 0.6 is 0 Å². The molecule has 0 atom stereocenters. The molecule has 0 fully saturated rings. The summed E-state index contributed by atoms with van der Waals surface area (Å²) in [4.78, 5) is 19.7. The maximum Gasteiger partial charge on any atom is 0.298 e. The van der Waals surface area contributed by atoms with E-state index < -0.39 is 4.92 Å². The number of benzene rings is 1. The third-order valence-electron chi connectivity index (χ3n) is 2.74. The van der Waals surface area contributed by atoms with Crippen LogP contribution in [0, 0.1) is 10.1 Å². The quantitative estimate of drug-likeness (QED) is 0.674. The minimum atomic E-state index is -0.466. The number of fused-ring (bicyclic) bond motifs is 1. The SMILES string of the molecule is CC(C)(C)N=c1oc2cccc([N+](=O)[O-])c2nc1NC(C)(C)C. The Hall–Kier alpha value is -2.44. The van der Waals surface area contributed by atoms with E-state index in [-0.39, 0.29) is 22.3 Å². The van der Waals surface area contributed by atoms with Crippen LogP contribution in [-0.2, 0) is 0 Å². The zero-order valence-electron chi connectivity index (χ0n) is 14.3. The molecule has 0 saturated heterocycles. The normalized spacial score (nSPS) is 13.4. The van der Waals surface area contributed by atoms with Crippen LogP contribution in [0.5, 0.6) is 0 Å². The lowest BCUT2D eigenvalue weighted by molar-refractivity contribution is -0.383. The Morgan fingerprint density at radius 3 is 2.39 bits per heavy atom. The summed E-state index contributed by atoms with van der Waals surface area (Å²) >= 11 is 0. The van der Waals surface area contributed by atoms with Gasteiger partial charge in [-0.3, -0.25) is 10.1 Å². The van der Waals surface area contributed by atoms with E-state index in [1.165, 1.54) is 6.07 Å². The van der Waals surface area contributed by atoms with E-state index in [1.807, 2.05) is 41.5 Å². The highest BCUT2D eigenvalue weighted by atomic mass is 16.6. The monoisotopic (exact) mass is 318 g/mol. The molecule has 0 amide bonds. The molecule has 1 aromatic heterocycles. The molecule has 0 unspecified atom stereocenters. The van der Waals surface area contributed by atoms with Crippen molar-refractivity contribution in [3.63, 3.8) is 0 Å². The van der Waals surface area contributed by atoms with Gasteiger partial charge in [-0.2, -0.15) is 0 Å². The molecule has 0 saturated carbocycles. The second kappa shape index (κ2) is 5.64.